The van der Waals surface area contributed by atoms with Crippen LogP contribution in [-0.4, -0.2) is 29.4 Å². The first-order chi connectivity index (χ1) is 7.61. The van der Waals surface area contributed by atoms with Crippen LogP contribution < -0.4 is 0 Å². The lowest BCUT2D eigenvalue weighted by Crippen LogP contribution is -2.34. The summed E-state index contributed by atoms with van der Waals surface area (Å²) in [7, 11) is 0. The first-order valence-electron chi connectivity index (χ1n) is 5.84. The molecule has 3 atom stereocenters. The molecule has 2 heterocycles. The summed E-state index contributed by atoms with van der Waals surface area (Å²) in [5.74, 6) is 2.06. The van der Waals surface area contributed by atoms with E-state index >= 15 is 0 Å². The second-order valence-corrected chi connectivity index (χ2v) is 4.48. The van der Waals surface area contributed by atoms with Crippen molar-refractivity contribution in [1.82, 2.24) is 4.90 Å². The zero-order valence-corrected chi connectivity index (χ0v) is 10.2. The molecule has 0 spiro atoms. The van der Waals surface area contributed by atoms with Gasteiger partial charge in [-0.15, -0.1) is 0 Å². The number of aliphatic imine (C=N–C) groups is 2. The first-order valence-corrected chi connectivity index (χ1v) is 5.84. The molecule has 4 heteroatoms. The van der Waals surface area contributed by atoms with E-state index in [4.69, 9.17) is 4.74 Å². The van der Waals surface area contributed by atoms with Crippen LogP contribution in [-0.2, 0) is 4.74 Å². The largest absolute Gasteiger partial charge is 0.354 e. The van der Waals surface area contributed by atoms with E-state index in [0.717, 1.165) is 24.5 Å². The fourth-order valence-electron chi connectivity index (χ4n) is 2.27. The molecule has 0 aromatic rings. The van der Waals surface area contributed by atoms with Crippen LogP contribution in [0.15, 0.2) is 22.4 Å². The molecule has 0 saturated carbocycles. The van der Waals surface area contributed by atoms with Gasteiger partial charge in [0.25, 0.3) is 0 Å². The Hall–Kier alpha value is -1.16. The van der Waals surface area contributed by atoms with Crippen LogP contribution >= 0.6 is 0 Å². The normalized spacial score (nSPS) is 34.4. The maximum Gasteiger partial charge on any atom is 0.137 e. The summed E-state index contributed by atoms with van der Waals surface area (Å²) in [6.07, 6.45) is 4.24. The maximum atomic E-state index is 5.97. The number of nitrogens with zero attached hydrogens (tertiary/aromatic N) is 3. The van der Waals surface area contributed by atoms with Crippen LogP contribution in [0.3, 0.4) is 0 Å². The standard InChI is InChI=1S/C12H19N3O/c1-5-11-8(2)6-12(16-11)15-7-13-9(3)14-10(15)4/h7-8,11-12H,4-6H2,1-3H3/t8-,11-,12-/m1/s1. The number of hydrogen-bond acceptors (Lipinski definition) is 4. The van der Waals surface area contributed by atoms with E-state index < -0.39 is 0 Å². The number of amidine groups is 1. The third kappa shape index (κ3) is 2.02. The fraction of sp³-hybridized carbons (Fsp3) is 0.667. The minimum atomic E-state index is 0.0491. The third-order valence-corrected chi connectivity index (χ3v) is 3.21. The Bertz CT molecular complexity index is 348. The van der Waals surface area contributed by atoms with Gasteiger partial charge in [0.1, 0.15) is 24.2 Å². The van der Waals surface area contributed by atoms with E-state index in [2.05, 4.69) is 30.4 Å². The summed E-state index contributed by atoms with van der Waals surface area (Å²) in [6.45, 7) is 10.2. The Labute approximate surface area is 96.7 Å². The molecule has 0 N–H and O–H groups in total. The van der Waals surface area contributed by atoms with Crippen molar-refractivity contribution in [2.75, 3.05) is 0 Å². The van der Waals surface area contributed by atoms with Gasteiger partial charge in [-0.25, -0.2) is 9.98 Å². The van der Waals surface area contributed by atoms with Gasteiger partial charge in [0.05, 0.1) is 6.10 Å². The summed E-state index contributed by atoms with van der Waals surface area (Å²) >= 11 is 0. The van der Waals surface area contributed by atoms with Crippen LogP contribution in [0.1, 0.15) is 33.6 Å². The molecule has 4 nitrogen and oxygen atoms in total. The van der Waals surface area contributed by atoms with Gasteiger partial charge >= 0.3 is 0 Å². The number of rotatable bonds is 2. The van der Waals surface area contributed by atoms with Crippen molar-refractivity contribution >= 4 is 12.2 Å². The van der Waals surface area contributed by atoms with Gasteiger partial charge in [-0.3, -0.25) is 4.90 Å². The molecule has 2 rings (SSSR count). The lowest BCUT2D eigenvalue weighted by Gasteiger charge is -2.27. The first kappa shape index (κ1) is 11.3. The molecule has 0 bridgehead atoms. The Morgan fingerprint density at radius 1 is 1.62 bits per heavy atom. The van der Waals surface area contributed by atoms with Gasteiger partial charge in [0.15, 0.2) is 0 Å². The van der Waals surface area contributed by atoms with E-state index in [9.17, 15) is 0 Å². The highest BCUT2D eigenvalue weighted by Crippen LogP contribution is 2.31. The number of hydrogen-bond donors (Lipinski definition) is 0. The van der Waals surface area contributed by atoms with E-state index in [1.807, 2.05) is 11.8 Å². The van der Waals surface area contributed by atoms with Crippen molar-refractivity contribution in [2.45, 2.75) is 45.9 Å². The van der Waals surface area contributed by atoms with Crippen LogP contribution in [0.2, 0.25) is 0 Å². The smallest absolute Gasteiger partial charge is 0.137 e. The van der Waals surface area contributed by atoms with Crippen molar-refractivity contribution in [3.63, 3.8) is 0 Å². The van der Waals surface area contributed by atoms with Gasteiger partial charge < -0.3 is 4.74 Å². The monoisotopic (exact) mass is 221 g/mol. The molecule has 1 fully saturated rings. The van der Waals surface area contributed by atoms with Crippen LogP contribution in [0.4, 0.5) is 0 Å². The Morgan fingerprint density at radius 2 is 2.38 bits per heavy atom. The van der Waals surface area contributed by atoms with E-state index in [-0.39, 0.29) is 6.23 Å². The zero-order valence-electron chi connectivity index (χ0n) is 10.2. The second kappa shape index (κ2) is 4.37. The van der Waals surface area contributed by atoms with Crippen molar-refractivity contribution in [2.24, 2.45) is 15.9 Å². The lowest BCUT2D eigenvalue weighted by molar-refractivity contribution is -0.0158. The average molecular weight is 221 g/mol. The molecule has 16 heavy (non-hydrogen) atoms. The Kier molecular flexibility index (Phi) is 3.10. The third-order valence-electron chi connectivity index (χ3n) is 3.21. The minimum Gasteiger partial charge on any atom is -0.354 e. The molecule has 0 radical (unpaired) electrons. The number of ether oxygens (including phenoxy) is 1. The molecule has 2 aliphatic rings. The molecule has 0 unspecified atom stereocenters. The van der Waals surface area contributed by atoms with Crippen LogP contribution in [0.5, 0.6) is 0 Å². The summed E-state index contributed by atoms with van der Waals surface area (Å²) in [5, 5.41) is 0. The molecule has 0 aromatic heterocycles. The summed E-state index contributed by atoms with van der Waals surface area (Å²) in [4.78, 5) is 10.4. The molecule has 0 aromatic carbocycles. The molecule has 1 saturated heterocycles. The minimum absolute atomic E-state index is 0.0491. The molecule has 0 aliphatic carbocycles. The van der Waals surface area contributed by atoms with Gasteiger partial charge in [-0.05, 0) is 25.7 Å². The predicted molar refractivity (Wildman–Crippen MR) is 65.3 cm³/mol. The highest BCUT2D eigenvalue weighted by molar-refractivity contribution is 5.90. The highest BCUT2D eigenvalue weighted by Gasteiger charge is 2.35. The van der Waals surface area contributed by atoms with Crippen molar-refractivity contribution in [3.05, 3.63) is 12.4 Å². The highest BCUT2D eigenvalue weighted by atomic mass is 16.5. The van der Waals surface area contributed by atoms with Gasteiger partial charge in [-0.1, -0.05) is 20.4 Å². The Balaban J connectivity index is 2.06. The zero-order chi connectivity index (χ0) is 11.7. The Morgan fingerprint density at radius 3 is 2.94 bits per heavy atom. The average Bonchev–Trinajstić information content (AvgIpc) is 2.59. The molecule has 0 amide bonds. The second-order valence-electron chi connectivity index (χ2n) is 4.48. The van der Waals surface area contributed by atoms with Gasteiger partial charge in [0, 0.05) is 0 Å². The molecular formula is C12H19N3O. The van der Waals surface area contributed by atoms with Crippen molar-refractivity contribution in [1.29, 1.82) is 0 Å². The van der Waals surface area contributed by atoms with Gasteiger partial charge in [-0.2, -0.15) is 0 Å². The molecule has 2 aliphatic heterocycles. The predicted octanol–water partition coefficient (Wildman–Crippen LogP) is 2.38. The fourth-order valence-corrected chi connectivity index (χ4v) is 2.27. The summed E-state index contributed by atoms with van der Waals surface area (Å²) in [5.41, 5.74) is 0. The molecule has 88 valence electrons. The summed E-state index contributed by atoms with van der Waals surface area (Å²) in [6, 6.07) is 0. The van der Waals surface area contributed by atoms with E-state index in [0.29, 0.717) is 12.0 Å². The van der Waals surface area contributed by atoms with Crippen LogP contribution in [0.25, 0.3) is 0 Å². The van der Waals surface area contributed by atoms with Crippen molar-refractivity contribution < 1.29 is 4.74 Å². The SMILES string of the molecule is C=C1N=C(C)N=CN1[C@H]1C[C@@H](C)[C@@H](CC)O1. The van der Waals surface area contributed by atoms with Gasteiger partial charge in [0.2, 0.25) is 0 Å². The maximum absolute atomic E-state index is 5.97. The topological polar surface area (TPSA) is 37.2 Å². The molecular weight excluding hydrogens is 202 g/mol. The quantitative estimate of drug-likeness (QED) is 0.718. The van der Waals surface area contributed by atoms with Crippen molar-refractivity contribution in [3.8, 4) is 0 Å². The summed E-state index contributed by atoms with van der Waals surface area (Å²) < 4.78 is 5.97. The lowest BCUT2D eigenvalue weighted by atomic mass is 10.0. The van der Waals surface area contributed by atoms with E-state index in [1.54, 1.807) is 6.34 Å². The van der Waals surface area contributed by atoms with E-state index in [1.165, 1.54) is 0 Å². The van der Waals surface area contributed by atoms with Crippen LogP contribution in [0, 0.1) is 5.92 Å².